The Labute approximate surface area is 138 Å². The van der Waals surface area contributed by atoms with Crippen molar-refractivity contribution in [1.82, 2.24) is 10.3 Å². The van der Waals surface area contributed by atoms with Gasteiger partial charge in [-0.3, -0.25) is 0 Å². The van der Waals surface area contributed by atoms with Crippen molar-refractivity contribution in [2.45, 2.75) is 18.4 Å². The average Bonchev–Trinajstić information content (AvgIpc) is 3.15. The Balaban J connectivity index is 1.86. The Morgan fingerprint density at radius 3 is 2.62 bits per heavy atom. The molecule has 1 heterocycles. The van der Waals surface area contributed by atoms with Crippen LogP contribution in [0.25, 0.3) is 10.9 Å². The van der Waals surface area contributed by atoms with Gasteiger partial charge in [-0.15, -0.1) is 0 Å². The summed E-state index contributed by atoms with van der Waals surface area (Å²) in [5.74, 6) is -0.703. The smallest absolute Gasteiger partial charge is 0.160 e. The first-order valence-electron chi connectivity index (χ1n) is 7.93. The number of ether oxygens (including phenoxy) is 1. The summed E-state index contributed by atoms with van der Waals surface area (Å²) in [6.45, 7) is 0. The quantitative estimate of drug-likeness (QED) is 0.754. The van der Waals surface area contributed by atoms with Crippen LogP contribution in [0.4, 0.5) is 8.78 Å². The first-order valence-corrected chi connectivity index (χ1v) is 7.93. The molecule has 5 heteroatoms. The van der Waals surface area contributed by atoms with Gasteiger partial charge in [-0.05, 0) is 48.4 Å². The highest BCUT2D eigenvalue weighted by molar-refractivity contribution is 5.84. The van der Waals surface area contributed by atoms with Crippen molar-refractivity contribution in [3.63, 3.8) is 0 Å². The van der Waals surface area contributed by atoms with Crippen molar-refractivity contribution in [3.05, 3.63) is 64.9 Å². The molecule has 24 heavy (non-hydrogen) atoms. The zero-order chi connectivity index (χ0) is 16.8. The largest absolute Gasteiger partial charge is 0.497 e. The summed E-state index contributed by atoms with van der Waals surface area (Å²) >= 11 is 0. The van der Waals surface area contributed by atoms with E-state index in [0.29, 0.717) is 5.52 Å². The first kappa shape index (κ1) is 15.1. The molecule has 3 aromatic rings. The number of rotatable bonds is 3. The van der Waals surface area contributed by atoms with Gasteiger partial charge in [0, 0.05) is 35.1 Å². The van der Waals surface area contributed by atoms with Gasteiger partial charge in [-0.2, -0.15) is 0 Å². The third-order valence-electron chi connectivity index (χ3n) is 4.99. The Morgan fingerprint density at radius 2 is 1.88 bits per heavy atom. The number of H-pyrrole nitrogens is 1. The summed E-state index contributed by atoms with van der Waals surface area (Å²) in [5.41, 5.74) is 4.00. The van der Waals surface area contributed by atoms with Crippen LogP contribution in [0.15, 0.2) is 36.5 Å². The Hall–Kier alpha value is -2.40. The van der Waals surface area contributed by atoms with E-state index in [1.165, 1.54) is 23.3 Å². The standard InChI is InChI=1S/C19H18F2N2O/c1-22-18-7-12(11-4-3-10(24-2)5-13(11)18)15-9-23-19-8-17(21)16(20)6-14(15)19/h3-6,8-9,12,18,22-23H,7H2,1-2H3. The van der Waals surface area contributed by atoms with E-state index in [4.69, 9.17) is 4.74 Å². The molecule has 0 radical (unpaired) electrons. The lowest BCUT2D eigenvalue weighted by molar-refractivity contribution is 0.413. The Kier molecular flexibility index (Phi) is 3.53. The molecule has 3 nitrogen and oxygen atoms in total. The van der Waals surface area contributed by atoms with Gasteiger partial charge in [-0.1, -0.05) is 6.07 Å². The van der Waals surface area contributed by atoms with Gasteiger partial charge >= 0.3 is 0 Å². The summed E-state index contributed by atoms with van der Waals surface area (Å²) in [4.78, 5) is 3.07. The third kappa shape index (κ3) is 2.19. The molecule has 2 aromatic carbocycles. The minimum Gasteiger partial charge on any atom is -0.497 e. The molecule has 0 bridgehead atoms. The highest BCUT2D eigenvalue weighted by atomic mass is 19.2. The summed E-state index contributed by atoms with van der Waals surface area (Å²) in [5, 5.41) is 4.07. The van der Waals surface area contributed by atoms with Gasteiger partial charge in [0.05, 0.1) is 7.11 Å². The van der Waals surface area contributed by atoms with Crippen LogP contribution in [0.3, 0.4) is 0 Å². The molecule has 2 unspecified atom stereocenters. The first-order chi connectivity index (χ1) is 11.6. The van der Waals surface area contributed by atoms with Crippen molar-refractivity contribution < 1.29 is 13.5 Å². The molecule has 0 aliphatic heterocycles. The van der Waals surface area contributed by atoms with Crippen LogP contribution < -0.4 is 10.1 Å². The zero-order valence-electron chi connectivity index (χ0n) is 13.5. The maximum atomic E-state index is 13.7. The predicted molar refractivity (Wildman–Crippen MR) is 89.5 cm³/mol. The second-order valence-corrected chi connectivity index (χ2v) is 6.18. The summed E-state index contributed by atoms with van der Waals surface area (Å²) in [6.07, 6.45) is 2.73. The molecule has 0 amide bonds. The number of methoxy groups -OCH3 is 1. The molecule has 1 aliphatic rings. The minimum atomic E-state index is -0.833. The fourth-order valence-corrected chi connectivity index (χ4v) is 3.78. The predicted octanol–water partition coefficient (Wildman–Crippen LogP) is 4.25. The van der Waals surface area contributed by atoms with E-state index in [9.17, 15) is 8.78 Å². The maximum absolute atomic E-state index is 13.7. The normalized spacial score (nSPS) is 19.7. The van der Waals surface area contributed by atoms with E-state index in [-0.39, 0.29) is 12.0 Å². The van der Waals surface area contributed by atoms with Crippen LogP contribution >= 0.6 is 0 Å². The molecule has 0 fully saturated rings. The van der Waals surface area contributed by atoms with Gasteiger partial charge in [0.1, 0.15) is 5.75 Å². The second kappa shape index (κ2) is 5.60. The number of nitrogens with one attached hydrogen (secondary N) is 2. The number of halogens is 2. The minimum absolute atomic E-state index is 0.127. The molecule has 2 N–H and O–H groups in total. The molecule has 0 saturated carbocycles. The second-order valence-electron chi connectivity index (χ2n) is 6.18. The third-order valence-corrected chi connectivity index (χ3v) is 4.99. The van der Waals surface area contributed by atoms with E-state index in [2.05, 4.69) is 16.4 Å². The Bertz CT molecular complexity index is 919. The molecular formula is C19H18F2N2O. The van der Waals surface area contributed by atoms with Crippen molar-refractivity contribution in [2.24, 2.45) is 0 Å². The van der Waals surface area contributed by atoms with Crippen LogP contribution in [0.1, 0.15) is 35.1 Å². The number of hydrogen-bond donors (Lipinski definition) is 2. The van der Waals surface area contributed by atoms with Gasteiger partial charge in [0.25, 0.3) is 0 Å². The van der Waals surface area contributed by atoms with Crippen LogP contribution in [-0.4, -0.2) is 19.1 Å². The average molecular weight is 328 g/mol. The SMILES string of the molecule is CNC1CC(c2c[nH]c3cc(F)c(F)cc23)c2ccc(OC)cc21. The fourth-order valence-electron chi connectivity index (χ4n) is 3.78. The lowest BCUT2D eigenvalue weighted by atomic mass is 9.92. The topological polar surface area (TPSA) is 37.0 Å². The molecule has 0 spiro atoms. The summed E-state index contributed by atoms with van der Waals surface area (Å²) in [6, 6.07) is 8.76. The van der Waals surface area contributed by atoms with E-state index in [1.807, 2.05) is 25.4 Å². The molecule has 4 rings (SSSR count). The van der Waals surface area contributed by atoms with Crippen LogP contribution in [-0.2, 0) is 0 Å². The molecule has 1 aliphatic carbocycles. The highest BCUT2D eigenvalue weighted by Gasteiger charge is 2.33. The van der Waals surface area contributed by atoms with E-state index >= 15 is 0 Å². The Morgan fingerprint density at radius 1 is 1.08 bits per heavy atom. The van der Waals surface area contributed by atoms with Gasteiger partial charge in [-0.25, -0.2) is 8.78 Å². The van der Waals surface area contributed by atoms with Crippen molar-refractivity contribution in [3.8, 4) is 5.75 Å². The van der Waals surface area contributed by atoms with E-state index in [0.717, 1.165) is 23.1 Å². The molecule has 124 valence electrons. The van der Waals surface area contributed by atoms with E-state index in [1.54, 1.807) is 7.11 Å². The van der Waals surface area contributed by atoms with Crippen LogP contribution in [0.5, 0.6) is 5.75 Å². The number of aromatic amines is 1. The molecule has 1 aromatic heterocycles. The zero-order valence-corrected chi connectivity index (χ0v) is 13.5. The van der Waals surface area contributed by atoms with Gasteiger partial charge in [0.2, 0.25) is 0 Å². The van der Waals surface area contributed by atoms with Gasteiger partial charge in [0.15, 0.2) is 11.6 Å². The van der Waals surface area contributed by atoms with Crippen LogP contribution in [0.2, 0.25) is 0 Å². The van der Waals surface area contributed by atoms with Crippen molar-refractivity contribution >= 4 is 10.9 Å². The number of hydrogen-bond acceptors (Lipinski definition) is 2. The molecular weight excluding hydrogens is 310 g/mol. The van der Waals surface area contributed by atoms with E-state index < -0.39 is 11.6 Å². The monoisotopic (exact) mass is 328 g/mol. The maximum Gasteiger partial charge on any atom is 0.160 e. The fraction of sp³-hybridized carbons (Fsp3) is 0.263. The lowest BCUT2D eigenvalue weighted by Gasteiger charge is -2.11. The van der Waals surface area contributed by atoms with Gasteiger partial charge < -0.3 is 15.0 Å². The number of aromatic nitrogens is 1. The summed E-state index contributed by atoms with van der Waals surface area (Å²) < 4.78 is 32.5. The number of benzene rings is 2. The molecule has 2 atom stereocenters. The number of fused-ring (bicyclic) bond motifs is 2. The molecule has 0 saturated heterocycles. The van der Waals surface area contributed by atoms with Crippen LogP contribution in [0, 0.1) is 11.6 Å². The van der Waals surface area contributed by atoms with Crippen molar-refractivity contribution in [1.29, 1.82) is 0 Å². The summed E-state index contributed by atoms with van der Waals surface area (Å²) in [7, 11) is 3.58. The lowest BCUT2D eigenvalue weighted by Crippen LogP contribution is -2.13. The van der Waals surface area contributed by atoms with Crippen molar-refractivity contribution in [2.75, 3.05) is 14.2 Å². The highest BCUT2D eigenvalue weighted by Crippen LogP contribution is 2.46.